The summed E-state index contributed by atoms with van der Waals surface area (Å²) in [5, 5.41) is 11.0. The number of fused-ring (bicyclic) bond motifs is 9. The molecule has 0 heterocycles. The molecule has 4 nitrogen and oxygen atoms in total. The van der Waals surface area contributed by atoms with Gasteiger partial charge in [-0.2, -0.15) is 0 Å². The predicted octanol–water partition coefficient (Wildman–Crippen LogP) is 8.61. The average Bonchev–Trinajstić information content (AvgIpc) is 3.51. The quantitative estimate of drug-likeness (QED) is 0.234. The number of ketones is 3. The van der Waals surface area contributed by atoms with E-state index in [1.54, 1.807) is 12.5 Å². The molecule has 4 heteroatoms. The lowest BCUT2D eigenvalue weighted by molar-refractivity contribution is -0.128. The Labute approximate surface area is 278 Å². The molecule has 0 spiro atoms. The lowest BCUT2D eigenvalue weighted by Crippen LogP contribution is -2.52. The van der Waals surface area contributed by atoms with E-state index in [1.165, 1.54) is 36.8 Å². The highest BCUT2D eigenvalue weighted by Gasteiger charge is 2.63. The maximum Gasteiger partial charge on any atom is 0.155 e. The highest BCUT2D eigenvalue weighted by molar-refractivity contribution is 5.91. The second-order valence-corrected chi connectivity index (χ2v) is 18.1. The highest BCUT2D eigenvalue weighted by Crippen LogP contribution is 2.67. The molecule has 0 radical (unpaired) electrons. The Kier molecular flexibility index (Phi) is 7.99. The second-order valence-electron chi connectivity index (χ2n) is 18.1. The Morgan fingerprint density at radius 1 is 0.891 bits per heavy atom. The average molecular weight is 627 g/mol. The maximum absolute atomic E-state index is 12.1. The molecule has 0 aromatic rings. The summed E-state index contributed by atoms with van der Waals surface area (Å²) in [4.78, 5) is 35.9. The van der Waals surface area contributed by atoms with Gasteiger partial charge in [0.05, 0.1) is 0 Å². The van der Waals surface area contributed by atoms with Crippen LogP contribution in [0.4, 0.5) is 0 Å². The van der Waals surface area contributed by atoms with Crippen molar-refractivity contribution in [1.29, 1.82) is 0 Å². The van der Waals surface area contributed by atoms with Gasteiger partial charge >= 0.3 is 0 Å². The Hall–Kier alpha value is -1.99. The predicted molar refractivity (Wildman–Crippen MR) is 181 cm³/mol. The zero-order valence-electron chi connectivity index (χ0n) is 29.3. The van der Waals surface area contributed by atoms with Crippen molar-refractivity contribution in [2.45, 2.75) is 143 Å². The Morgan fingerprint density at radius 2 is 1.65 bits per heavy atom. The summed E-state index contributed by atoms with van der Waals surface area (Å²) < 4.78 is 0. The minimum absolute atomic E-state index is 0.125. The van der Waals surface area contributed by atoms with E-state index in [9.17, 15) is 19.5 Å². The molecule has 8 aliphatic carbocycles. The summed E-state index contributed by atoms with van der Waals surface area (Å²) in [6.45, 7) is 11.2. The van der Waals surface area contributed by atoms with E-state index in [4.69, 9.17) is 6.42 Å². The van der Waals surface area contributed by atoms with Gasteiger partial charge in [-0.1, -0.05) is 50.3 Å². The van der Waals surface area contributed by atoms with Crippen molar-refractivity contribution in [3.05, 3.63) is 22.8 Å². The van der Waals surface area contributed by atoms with Crippen LogP contribution in [0.1, 0.15) is 137 Å². The minimum Gasteiger partial charge on any atom is -0.377 e. The number of hydrogen-bond acceptors (Lipinski definition) is 4. The van der Waals surface area contributed by atoms with Gasteiger partial charge in [0.25, 0.3) is 0 Å². The van der Waals surface area contributed by atoms with Crippen LogP contribution in [-0.2, 0) is 14.4 Å². The SMILES string of the molecule is C#C[C@]1(O)CC[C@H]2[C@@H]3[C@H](C)CC4=C(CCC(=O)C4)[C@H]3CC[C@@]21C.CC(=O)[C@H]1CC[C@H]2[C@@H]3CCC4=CC(=O)CC[C@]4(C)[C@H]3CC[C@]12C. The van der Waals surface area contributed by atoms with Crippen LogP contribution in [-0.4, -0.2) is 28.1 Å². The van der Waals surface area contributed by atoms with Crippen molar-refractivity contribution in [2.24, 2.45) is 63.6 Å². The molecule has 0 aliphatic heterocycles. The monoisotopic (exact) mass is 626 g/mol. The Bertz CT molecular complexity index is 1430. The second kappa shape index (κ2) is 11.3. The van der Waals surface area contributed by atoms with Gasteiger partial charge in [0.1, 0.15) is 17.2 Å². The van der Waals surface area contributed by atoms with Crippen molar-refractivity contribution in [3.8, 4) is 12.3 Å². The summed E-state index contributed by atoms with van der Waals surface area (Å²) in [7, 11) is 0. The van der Waals surface area contributed by atoms with E-state index >= 15 is 0 Å². The zero-order chi connectivity index (χ0) is 32.8. The number of Topliss-reactive ketones (excluding diaryl/α,β-unsaturated/α-hetero) is 2. The fourth-order valence-corrected chi connectivity index (χ4v) is 13.9. The van der Waals surface area contributed by atoms with Crippen molar-refractivity contribution in [1.82, 2.24) is 0 Å². The first-order chi connectivity index (χ1) is 21.8. The first-order valence-corrected chi connectivity index (χ1v) is 18.9. The normalized spacial score (nSPS) is 49.1. The molecule has 8 rings (SSSR count). The van der Waals surface area contributed by atoms with Crippen LogP contribution in [0.25, 0.3) is 0 Å². The summed E-state index contributed by atoms with van der Waals surface area (Å²) in [6, 6.07) is 0. The van der Waals surface area contributed by atoms with Gasteiger partial charge in [0, 0.05) is 30.6 Å². The van der Waals surface area contributed by atoms with E-state index in [2.05, 4.69) is 33.6 Å². The number of carbonyl (C=O) groups excluding carboxylic acids is 3. The van der Waals surface area contributed by atoms with Crippen LogP contribution >= 0.6 is 0 Å². The molecule has 1 N–H and O–H groups in total. The van der Waals surface area contributed by atoms with Gasteiger partial charge in [-0.25, -0.2) is 0 Å². The van der Waals surface area contributed by atoms with E-state index in [1.807, 2.05) is 6.08 Å². The molecule has 0 bridgehead atoms. The van der Waals surface area contributed by atoms with Crippen LogP contribution < -0.4 is 0 Å². The number of hydrogen-bond donors (Lipinski definition) is 1. The molecule has 46 heavy (non-hydrogen) atoms. The van der Waals surface area contributed by atoms with Crippen LogP contribution in [0.5, 0.6) is 0 Å². The van der Waals surface area contributed by atoms with Crippen LogP contribution in [0.15, 0.2) is 22.8 Å². The summed E-state index contributed by atoms with van der Waals surface area (Å²) in [5.41, 5.74) is 3.98. The Balaban J connectivity index is 0.000000147. The van der Waals surface area contributed by atoms with Gasteiger partial charge in [0.15, 0.2) is 5.78 Å². The number of terminal acetylenes is 1. The molecule has 0 amide bonds. The van der Waals surface area contributed by atoms with Crippen molar-refractivity contribution in [3.63, 3.8) is 0 Å². The maximum atomic E-state index is 12.1. The molecule has 250 valence electrons. The van der Waals surface area contributed by atoms with E-state index < -0.39 is 5.60 Å². The first-order valence-electron chi connectivity index (χ1n) is 18.9. The Morgan fingerprint density at radius 3 is 2.39 bits per heavy atom. The molecule has 0 aromatic heterocycles. The molecule has 0 aromatic carbocycles. The smallest absolute Gasteiger partial charge is 0.155 e. The topological polar surface area (TPSA) is 71.4 Å². The first kappa shape index (κ1) is 32.6. The van der Waals surface area contributed by atoms with Gasteiger partial charge in [-0.05, 0) is 149 Å². The molecule has 12 atom stereocenters. The van der Waals surface area contributed by atoms with Crippen LogP contribution in [0, 0.1) is 75.9 Å². The third-order valence-electron chi connectivity index (χ3n) is 16.4. The third-order valence-corrected chi connectivity index (χ3v) is 16.4. The third kappa shape index (κ3) is 4.67. The minimum atomic E-state index is -0.917. The van der Waals surface area contributed by atoms with E-state index in [0.717, 1.165) is 88.4 Å². The fraction of sp³-hybridized carbons (Fsp3) is 0.786. The largest absolute Gasteiger partial charge is 0.377 e. The molecule has 5 fully saturated rings. The summed E-state index contributed by atoms with van der Waals surface area (Å²) >= 11 is 0. The molecular weight excluding hydrogens is 568 g/mol. The molecule has 5 saturated carbocycles. The number of allylic oxidation sites excluding steroid dienone is 3. The number of rotatable bonds is 1. The fourth-order valence-electron chi connectivity index (χ4n) is 13.9. The molecular formula is C42H58O4. The molecule has 0 unspecified atom stereocenters. The van der Waals surface area contributed by atoms with Gasteiger partial charge in [-0.3, -0.25) is 14.4 Å². The molecule has 8 aliphatic rings. The van der Waals surface area contributed by atoms with E-state index in [-0.39, 0.29) is 16.2 Å². The summed E-state index contributed by atoms with van der Waals surface area (Å²) in [6.07, 6.45) is 24.2. The van der Waals surface area contributed by atoms with Crippen molar-refractivity contribution < 1.29 is 19.5 Å². The zero-order valence-corrected chi connectivity index (χ0v) is 29.3. The number of carbonyl (C=O) groups is 3. The summed E-state index contributed by atoms with van der Waals surface area (Å²) in [5.74, 6) is 8.89. The van der Waals surface area contributed by atoms with Gasteiger partial charge in [0.2, 0.25) is 0 Å². The van der Waals surface area contributed by atoms with Gasteiger partial charge in [-0.15, -0.1) is 6.42 Å². The van der Waals surface area contributed by atoms with Crippen molar-refractivity contribution in [2.75, 3.05) is 0 Å². The number of aliphatic hydroxyl groups is 1. The van der Waals surface area contributed by atoms with Gasteiger partial charge < -0.3 is 5.11 Å². The highest BCUT2D eigenvalue weighted by atomic mass is 16.3. The lowest BCUT2D eigenvalue weighted by Gasteiger charge is -2.58. The van der Waals surface area contributed by atoms with Crippen molar-refractivity contribution >= 4 is 17.3 Å². The molecule has 0 saturated heterocycles. The lowest BCUT2D eigenvalue weighted by atomic mass is 9.47. The van der Waals surface area contributed by atoms with Crippen LogP contribution in [0.2, 0.25) is 0 Å². The van der Waals surface area contributed by atoms with Crippen LogP contribution in [0.3, 0.4) is 0 Å². The standard InChI is InChI=1S/C21H30O2.C21H28O2/c1-13(22)17-6-7-18-16-5-4-14-12-15(23)8-10-20(14,2)19(16)9-11-21(17,18)3;1-4-21(23)10-8-18-19-13(2)11-14-12-15(22)5-6-16(14)17(19)7-9-20(18,21)3/h12,16-19H,4-11H2,1-3H3;1,13,17-19,23H,5-12H2,2-3H3/t16-,17+,18-,19-,20-,21+;13-,17-,18+,19-,20+,21+/m01/s1. The van der Waals surface area contributed by atoms with E-state index in [0.29, 0.717) is 53.4 Å².